The van der Waals surface area contributed by atoms with Gasteiger partial charge in [-0.2, -0.15) is 5.10 Å². The molecule has 136 valence electrons. The van der Waals surface area contributed by atoms with Crippen molar-refractivity contribution in [2.45, 2.75) is 38.1 Å². The summed E-state index contributed by atoms with van der Waals surface area (Å²) in [6, 6.07) is 8.83. The van der Waals surface area contributed by atoms with Crippen molar-refractivity contribution in [2.24, 2.45) is 7.05 Å². The summed E-state index contributed by atoms with van der Waals surface area (Å²) < 4.78 is 16.0. The first kappa shape index (κ1) is 17.2. The van der Waals surface area contributed by atoms with Gasteiger partial charge in [0.25, 0.3) is 5.91 Å². The smallest absolute Gasteiger partial charge is 0.264 e. The molecule has 1 aliphatic carbocycles. The van der Waals surface area contributed by atoms with Crippen LogP contribution in [0.3, 0.4) is 0 Å². The number of amides is 1. The number of benzene rings is 1. The standard InChI is InChI=1S/C20H22FN3OS/c1-23(13-8-4-3-5-9-13)19(25)17-12-15-18(22-24(2)20(15)26-17)14-10-6-7-11-16(14)21/h6-7,10-13H,3-5,8-9H2,1-2H3. The minimum absolute atomic E-state index is 0.0533. The van der Waals surface area contributed by atoms with Crippen LogP contribution in [0.5, 0.6) is 0 Å². The molecule has 0 saturated heterocycles. The average Bonchev–Trinajstić information content (AvgIpc) is 3.23. The van der Waals surface area contributed by atoms with Gasteiger partial charge in [0.15, 0.2) is 0 Å². The third kappa shape index (κ3) is 2.92. The molecule has 0 atom stereocenters. The zero-order valence-electron chi connectivity index (χ0n) is 15.0. The summed E-state index contributed by atoms with van der Waals surface area (Å²) >= 11 is 1.43. The topological polar surface area (TPSA) is 38.1 Å². The lowest BCUT2D eigenvalue weighted by molar-refractivity contribution is 0.0701. The number of aromatic nitrogens is 2. The van der Waals surface area contributed by atoms with Crippen LogP contribution < -0.4 is 0 Å². The molecular formula is C20H22FN3OS. The zero-order chi connectivity index (χ0) is 18.3. The number of fused-ring (bicyclic) bond motifs is 1. The van der Waals surface area contributed by atoms with E-state index in [1.807, 2.05) is 25.1 Å². The zero-order valence-corrected chi connectivity index (χ0v) is 15.9. The molecule has 26 heavy (non-hydrogen) atoms. The maximum atomic E-state index is 14.2. The van der Waals surface area contributed by atoms with E-state index < -0.39 is 0 Å². The molecule has 1 aliphatic rings. The number of halogens is 1. The highest BCUT2D eigenvalue weighted by Crippen LogP contribution is 2.35. The first-order valence-corrected chi connectivity index (χ1v) is 9.86. The number of nitrogens with zero attached hydrogens (tertiary/aromatic N) is 3. The summed E-state index contributed by atoms with van der Waals surface area (Å²) in [6.07, 6.45) is 5.80. The SMILES string of the molecule is CN(C(=O)c1cc2c(-c3ccccc3F)nn(C)c2s1)C1CCCCC1. The Morgan fingerprint density at radius 3 is 2.73 bits per heavy atom. The summed E-state index contributed by atoms with van der Waals surface area (Å²) in [5.41, 5.74) is 1.06. The molecule has 2 heterocycles. The van der Waals surface area contributed by atoms with E-state index in [0.717, 1.165) is 23.1 Å². The second-order valence-corrected chi connectivity index (χ2v) is 8.02. The van der Waals surface area contributed by atoms with Crippen LogP contribution in [-0.4, -0.2) is 33.7 Å². The van der Waals surface area contributed by atoms with E-state index in [2.05, 4.69) is 5.10 Å². The van der Waals surface area contributed by atoms with Gasteiger partial charge in [-0.05, 0) is 31.0 Å². The summed E-state index contributed by atoms with van der Waals surface area (Å²) in [7, 11) is 3.74. The molecule has 0 aliphatic heterocycles. The average molecular weight is 371 g/mol. The highest BCUT2D eigenvalue weighted by atomic mass is 32.1. The van der Waals surface area contributed by atoms with Crippen LogP contribution in [0.15, 0.2) is 30.3 Å². The van der Waals surface area contributed by atoms with Gasteiger partial charge in [-0.25, -0.2) is 4.39 Å². The lowest BCUT2D eigenvalue weighted by atomic mass is 9.94. The summed E-state index contributed by atoms with van der Waals surface area (Å²) in [5.74, 6) is -0.247. The van der Waals surface area contributed by atoms with Gasteiger partial charge < -0.3 is 4.90 Å². The highest BCUT2D eigenvalue weighted by Gasteiger charge is 2.26. The van der Waals surface area contributed by atoms with E-state index in [-0.39, 0.29) is 11.7 Å². The second-order valence-electron chi connectivity index (χ2n) is 6.99. The molecule has 0 N–H and O–H groups in total. The highest BCUT2D eigenvalue weighted by molar-refractivity contribution is 7.20. The van der Waals surface area contributed by atoms with Crippen molar-refractivity contribution in [3.05, 3.63) is 41.0 Å². The number of carbonyl (C=O) groups is 1. The fourth-order valence-electron chi connectivity index (χ4n) is 3.81. The summed E-state index contributed by atoms with van der Waals surface area (Å²) in [4.78, 5) is 16.4. The van der Waals surface area contributed by atoms with Crippen LogP contribution in [0.2, 0.25) is 0 Å². The Morgan fingerprint density at radius 1 is 1.27 bits per heavy atom. The monoisotopic (exact) mass is 371 g/mol. The molecule has 0 spiro atoms. The largest absolute Gasteiger partial charge is 0.338 e. The maximum Gasteiger partial charge on any atom is 0.264 e. The van der Waals surface area contributed by atoms with Crippen molar-refractivity contribution in [1.29, 1.82) is 0 Å². The molecule has 2 aromatic heterocycles. The predicted molar refractivity (Wildman–Crippen MR) is 103 cm³/mol. The molecule has 3 aromatic rings. The third-order valence-electron chi connectivity index (χ3n) is 5.29. The maximum absolute atomic E-state index is 14.2. The molecule has 1 fully saturated rings. The Bertz CT molecular complexity index is 955. The van der Waals surface area contributed by atoms with E-state index in [1.165, 1.54) is 36.7 Å². The van der Waals surface area contributed by atoms with E-state index >= 15 is 0 Å². The van der Waals surface area contributed by atoms with E-state index in [1.54, 1.807) is 22.9 Å². The number of aryl methyl sites for hydroxylation is 1. The van der Waals surface area contributed by atoms with Crippen LogP contribution in [0.4, 0.5) is 4.39 Å². The number of carbonyl (C=O) groups excluding carboxylic acids is 1. The van der Waals surface area contributed by atoms with Crippen molar-refractivity contribution in [3.8, 4) is 11.3 Å². The van der Waals surface area contributed by atoms with E-state index in [9.17, 15) is 9.18 Å². The molecule has 0 bridgehead atoms. The van der Waals surface area contributed by atoms with E-state index in [0.29, 0.717) is 22.2 Å². The Kier molecular flexibility index (Phi) is 4.53. The van der Waals surface area contributed by atoms with Crippen molar-refractivity contribution in [2.75, 3.05) is 7.05 Å². The normalized spacial score (nSPS) is 15.5. The van der Waals surface area contributed by atoms with Gasteiger partial charge in [0.2, 0.25) is 0 Å². The van der Waals surface area contributed by atoms with Gasteiger partial charge in [0.05, 0.1) is 4.88 Å². The molecule has 0 radical (unpaired) electrons. The van der Waals surface area contributed by atoms with Gasteiger partial charge in [-0.3, -0.25) is 9.48 Å². The third-order valence-corrected chi connectivity index (χ3v) is 6.48. The van der Waals surface area contributed by atoms with Crippen molar-refractivity contribution in [1.82, 2.24) is 14.7 Å². The second kappa shape index (κ2) is 6.83. The number of rotatable bonds is 3. The van der Waals surface area contributed by atoms with E-state index in [4.69, 9.17) is 0 Å². The molecule has 4 rings (SSSR count). The molecule has 4 nitrogen and oxygen atoms in total. The Hall–Kier alpha value is -2.21. The fourth-order valence-corrected chi connectivity index (χ4v) is 4.86. The number of thiophene rings is 1. The van der Waals surface area contributed by atoms with Crippen molar-refractivity contribution in [3.63, 3.8) is 0 Å². The molecule has 1 amide bonds. The molecule has 0 unspecified atom stereocenters. The van der Waals surface area contributed by atoms with Gasteiger partial charge in [-0.1, -0.05) is 31.4 Å². The van der Waals surface area contributed by atoms with Crippen LogP contribution in [0.25, 0.3) is 21.5 Å². The number of hydrogen-bond donors (Lipinski definition) is 0. The van der Waals surface area contributed by atoms with Crippen LogP contribution in [0, 0.1) is 5.82 Å². The van der Waals surface area contributed by atoms with Crippen LogP contribution in [0.1, 0.15) is 41.8 Å². The Morgan fingerprint density at radius 2 is 2.00 bits per heavy atom. The Labute approximate surface area is 156 Å². The Balaban J connectivity index is 1.71. The first-order chi connectivity index (χ1) is 12.6. The molecule has 6 heteroatoms. The lowest BCUT2D eigenvalue weighted by Gasteiger charge is -2.30. The number of hydrogen-bond acceptors (Lipinski definition) is 3. The quantitative estimate of drug-likeness (QED) is 0.660. The molecular weight excluding hydrogens is 349 g/mol. The van der Waals surface area contributed by atoms with Gasteiger partial charge in [0.1, 0.15) is 16.3 Å². The lowest BCUT2D eigenvalue weighted by Crippen LogP contribution is -2.37. The molecule has 1 aromatic carbocycles. The summed E-state index contributed by atoms with van der Waals surface area (Å²) in [5, 5.41) is 5.31. The van der Waals surface area contributed by atoms with Gasteiger partial charge >= 0.3 is 0 Å². The van der Waals surface area contributed by atoms with Gasteiger partial charge in [-0.15, -0.1) is 11.3 Å². The van der Waals surface area contributed by atoms with Crippen LogP contribution >= 0.6 is 11.3 Å². The minimum atomic E-state index is -0.300. The van der Waals surface area contributed by atoms with Crippen molar-refractivity contribution < 1.29 is 9.18 Å². The molecule has 1 saturated carbocycles. The predicted octanol–water partition coefficient (Wildman–Crippen LogP) is 4.85. The first-order valence-electron chi connectivity index (χ1n) is 9.05. The fraction of sp³-hybridized carbons (Fsp3) is 0.400. The van der Waals surface area contributed by atoms with Crippen LogP contribution in [-0.2, 0) is 7.05 Å². The van der Waals surface area contributed by atoms with Crippen molar-refractivity contribution >= 4 is 27.5 Å². The van der Waals surface area contributed by atoms with Gasteiger partial charge in [0, 0.05) is 31.1 Å². The minimum Gasteiger partial charge on any atom is -0.338 e. The summed E-state index contributed by atoms with van der Waals surface area (Å²) in [6.45, 7) is 0.